The molecule has 0 fully saturated rings. The van der Waals surface area contributed by atoms with Gasteiger partial charge in [-0.3, -0.25) is 0 Å². The standard InChI is InChI=1S/C21H28N4O3/c1-4-26-17-12-19(27-5-2)18(20(13-17)28-6-3)15-24-25-21(22)23-14-16-10-8-7-9-11-16/h7-13,15H,4-6,14H2,1-3H3,(H3,22,23,25). The molecule has 150 valence electrons. The Morgan fingerprint density at radius 2 is 1.57 bits per heavy atom. The third-order valence-electron chi connectivity index (χ3n) is 3.64. The first-order valence-corrected chi connectivity index (χ1v) is 9.37. The average Bonchev–Trinajstić information content (AvgIpc) is 2.70. The summed E-state index contributed by atoms with van der Waals surface area (Å²) in [6.45, 7) is 7.82. The summed E-state index contributed by atoms with van der Waals surface area (Å²) >= 11 is 0. The van der Waals surface area contributed by atoms with Gasteiger partial charge in [-0.2, -0.15) is 5.10 Å². The molecule has 0 amide bonds. The third kappa shape index (κ3) is 6.50. The van der Waals surface area contributed by atoms with Gasteiger partial charge < -0.3 is 19.9 Å². The van der Waals surface area contributed by atoms with Crippen molar-refractivity contribution in [3.05, 3.63) is 53.6 Å². The van der Waals surface area contributed by atoms with E-state index in [0.29, 0.717) is 49.2 Å². The van der Waals surface area contributed by atoms with Crippen molar-refractivity contribution in [2.45, 2.75) is 27.3 Å². The maximum Gasteiger partial charge on any atom is 0.209 e. The molecule has 0 aliphatic heterocycles. The Morgan fingerprint density at radius 3 is 2.14 bits per heavy atom. The minimum Gasteiger partial charge on any atom is -0.494 e. The van der Waals surface area contributed by atoms with Crippen molar-refractivity contribution in [2.24, 2.45) is 15.8 Å². The molecule has 0 atom stereocenters. The first-order valence-electron chi connectivity index (χ1n) is 9.37. The van der Waals surface area contributed by atoms with Gasteiger partial charge in [-0.1, -0.05) is 30.3 Å². The molecule has 0 spiro atoms. The van der Waals surface area contributed by atoms with Crippen LogP contribution >= 0.6 is 0 Å². The summed E-state index contributed by atoms with van der Waals surface area (Å²) in [6, 6.07) is 13.5. The van der Waals surface area contributed by atoms with Gasteiger partial charge in [0, 0.05) is 12.1 Å². The van der Waals surface area contributed by atoms with Crippen molar-refractivity contribution >= 4 is 12.2 Å². The number of nitrogens with one attached hydrogen (secondary N) is 1. The Hall–Kier alpha value is -3.22. The third-order valence-corrected chi connectivity index (χ3v) is 3.64. The zero-order chi connectivity index (χ0) is 20.2. The van der Waals surface area contributed by atoms with Gasteiger partial charge in [0.15, 0.2) is 0 Å². The van der Waals surface area contributed by atoms with Gasteiger partial charge in [-0.25, -0.2) is 10.4 Å². The number of guanidine groups is 1. The molecule has 0 aliphatic carbocycles. The SMILES string of the molecule is CCOc1cc(OCC)c(C=NNC(N)=NCc2ccccc2)c(OCC)c1. The largest absolute Gasteiger partial charge is 0.494 e. The number of benzene rings is 2. The van der Waals surface area contributed by atoms with Crippen LogP contribution in [0.15, 0.2) is 52.6 Å². The minimum atomic E-state index is 0.224. The molecule has 0 heterocycles. The lowest BCUT2D eigenvalue weighted by molar-refractivity contribution is 0.306. The fourth-order valence-corrected chi connectivity index (χ4v) is 2.46. The van der Waals surface area contributed by atoms with Gasteiger partial charge in [0.05, 0.1) is 38.1 Å². The zero-order valence-corrected chi connectivity index (χ0v) is 16.6. The fraction of sp³-hybridized carbons (Fsp3) is 0.333. The van der Waals surface area contributed by atoms with Crippen LogP contribution in [0, 0.1) is 0 Å². The summed E-state index contributed by atoms with van der Waals surface area (Å²) in [4.78, 5) is 4.27. The summed E-state index contributed by atoms with van der Waals surface area (Å²) < 4.78 is 17.1. The van der Waals surface area contributed by atoms with E-state index in [4.69, 9.17) is 19.9 Å². The van der Waals surface area contributed by atoms with E-state index < -0.39 is 0 Å². The first-order chi connectivity index (χ1) is 13.7. The quantitative estimate of drug-likeness (QED) is 0.373. The number of hydrogen-bond donors (Lipinski definition) is 2. The van der Waals surface area contributed by atoms with Crippen molar-refractivity contribution in [1.82, 2.24) is 5.43 Å². The van der Waals surface area contributed by atoms with E-state index in [-0.39, 0.29) is 5.96 Å². The van der Waals surface area contributed by atoms with Crippen LogP contribution in [-0.2, 0) is 6.54 Å². The van der Waals surface area contributed by atoms with Crippen LogP contribution in [0.5, 0.6) is 17.2 Å². The number of nitrogens with two attached hydrogens (primary N) is 1. The molecule has 3 N–H and O–H groups in total. The maximum absolute atomic E-state index is 5.89. The molecule has 0 unspecified atom stereocenters. The van der Waals surface area contributed by atoms with Gasteiger partial charge >= 0.3 is 0 Å². The van der Waals surface area contributed by atoms with E-state index in [2.05, 4.69) is 15.5 Å². The van der Waals surface area contributed by atoms with Crippen LogP contribution in [-0.4, -0.2) is 32.0 Å². The molecule has 0 saturated heterocycles. The van der Waals surface area contributed by atoms with Gasteiger partial charge in [-0.05, 0) is 26.3 Å². The molecular formula is C21H28N4O3. The predicted molar refractivity (Wildman–Crippen MR) is 112 cm³/mol. The molecule has 0 bridgehead atoms. The van der Waals surface area contributed by atoms with Crippen molar-refractivity contribution in [3.63, 3.8) is 0 Å². The Kier molecular flexibility index (Phi) is 8.65. The maximum atomic E-state index is 5.89. The predicted octanol–water partition coefficient (Wildman–Crippen LogP) is 3.32. The molecule has 0 aliphatic rings. The molecule has 0 radical (unpaired) electrons. The van der Waals surface area contributed by atoms with E-state index in [1.54, 1.807) is 6.21 Å². The van der Waals surface area contributed by atoms with Crippen molar-refractivity contribution in [2.75, 3.05) is 19.8 Å². The molecular weight excluding hydrogens is 356 g/mol. The van der Waals surface area contributed by atoms with E-state index in [0.717, 1.165) is 5.56 Å². The Balaban J connectivity index is 2.15. The van der Waals surface area contributed by atoms with E-state index in [1.807, 2.05) is 63.2 Å². The van der Waals surface area contributed by atoms with Gasteiger partial charge in [0.1, 0.15) is 17.2 Å². The average molecular weight is 384 g/mol. The highest BCUT2D eigenvalue weighted by atomic mass is 16.5. The van der Waals surface area contributed by atoms with Crippen LogP contribution in [0.4, 0.5) is 0 Å². The summed E-state index contributed by atoms with van der Waals surface area (Å²) in [5.74, 6) is 2.16. The summed E-state index contributed by atoms with van der Waals surface area (Å²) in [5.41, 5.74) is 10.4. The Labute approximate surface area is 166 Å². The second-order valence-corrected chi connectivity index (χ2v) is 5.69. The number of rotatable bonds is 10. The zero-order valence-electron chi connectivity index (χ0n) is 16.6. The fourth-order valence-electron chi connectivity index (χ4n) is 2.46. The van der Waals surface area contributed by atoms with Crippen molar-refractivity contribution in [1.29, 1.82) is 0 Å². The molecule has 7 heteroatoms. The number of hydrogen-bond acceptors (Lipinski definition) is 5. The number of nitrogens with zero attached hydrogens (tertiary/aromatic N) is 2. The molecule has 2 aromatic carbocycles. The summed E-state index contributed by atoms with van der Waals surface area (Å²) in [6.07, 6.45) is 1.61. The highest BCUT2D eigenvalue weighted by Crippen LogP contribution is 2.33. The topological polar surface area (TPSA) is 90.5 Å². The molecule has 7 nitrogen and oxygen atoms in total. The van der Waals surface area contributed by atoms with Gasteiger partial charge in [0.25, 0.3) is 0 Å². The second-order valence-electron chi connectivity index (χ2n) is 5.69. The normalized spacial score (nSPS) is 11.5. The Morgan fingerprint density at radius 1 is 0.964 bits per heavy atom. The Bertz CT molecular complexity index is 764. The summed E-state index contributed by atoms with van der Waals surface area (Å²) in [5, 5.41) is 4.18. The van der Waals surface area contributed by atoms with Crippen LogP contribution in [0.25, 0.3) is 0 Å². The second kappa shape index (κ2) is 11.5. The van der Waals surface area contributed by atoms with Crippen molar-refractivity contribution in [3.8, 4) is 17.2 Å². The minimum absolute atomic E-state index is 0.224. The van der Waals surface area contributed by atoms with Gasteiger partial charge in [-0.15, -0.1) is 0 Å². The van der Waals surface area contributed by atoms with E-state index in [1.165, 1.54) is 0 Å². The lowest BCUT2D eigenvalue weighted by Gasteiger charge is -2.15. The lowest BCUT2D eigenvalue weighted by Crippen LogP contribution is -2.27. The summed E-state index contributed by atoms with van der Waals surface area (Å²) in [7, 11) is 0. The number of aliphatic imine (C=N–C) groups is 1. The van der Waals surface area contributed by atoms with Crippen LogP contribution < -0.4 is 25.4 Å². The van der Waals surface area contributed by atoms with Crippen LogP contribution in [0.2, 0.25) is 0 Å². The van der Waals surface area contributed by atoms with Gasteiger partial charge in [0.2, 0.25) is 5.96 Å². The highest BCUT2D eigenvalue weighted by Gasteiger charge is 2.13. The van der Waals surface area contributed by atoms with Crippen LogP contribution in [0.1, 0.15) is 31.9 Å². The molecule has 2 rings (SSSR count). The highest BCUT2D eigenvalue weighted by molar-refractivity contribution is 5.89. The van der Waals surface area contributed by atoms with Crippen molar-refractivity contribution < 1.29 is 14.2 Å². The molecule has 28 heavy (non-hydrogen) atoms. The molecule has 0 aromatic heterocycles. The monoisotopic (exact) mass is 384 g/mol. The molecule has 0 saturated carbocycles. The van der Waals surface area contributed by atoms with E-state index >= 15 is 0 Å². The number of ether oxygens (including phenoxy) is 3. The molecule has 2 aromatic rings. The van der Waals surface area contributed by atoms with Crippen LogP contribution in [0.3, 0.4) is 0 Å². The number of hydrazone groups is 1. The first kappa shape index (κ1) is 21.1. The smallest absolute Gasteiger partial charge is 0.209 e. The lowest BCUT2D eigenvalue weighted by atomic mass is 10.1. The van der Waals surface area contributed by atoms with E-state index in [9.17, 15) is 0 Å².